The number of allylic oxidation sites excluding steroid dienone is 3. The number of aryl methyl sites for hydroxylation is 1. The first kappa shape index (κ1) is 18.4. The van der Waals surface area contributed by atoms with Crippen LogP contribution in [0.25, 0.3) is 22.0 Å². The monoisotopic (exact) mass is 363 g/mol. The van der Waals surface area contributed by atoms with Crippen LogP contribution in [0, 0.1) is 0 Å². The SMILES string of the molecule is C=C(/C=C(\C)c1cc(=O)c(C(=O)O)cn1CCC)c1cccc2cn[nH]c12. The second-order valence-electron chi connectivity index (χ2n) is 6.43. The Hall–Kier alpha value is -3.41. The highest BCUT2D eigenvalue weighted by Gasteiger charge is 2.14. The normalized spacial score (nSPS) is 11.7. The molecule has 2 N–H and O–H groups in total. The number of hydrogen-bond donors (Lipinski definition) is 2. The third-order valence-electron chi connectivity index (χ3n) is 4.44. The maximum atomic E-state index is 12.2. The van der Waals surface area contributed by atoms with Crippen molar-refractivity contribution in [1.29, 1.82) is 0 Å². The topological polar surface area (TPSA) is 88.0 Å². The lowest BCUT2D eigenvalue weighted by Gasteiger charge is -2.15. The van der Waals surface area contributed by atoms with E-state index in [1.165, 1.54) is 12.3 Å². The van der Waals surface area contributed by atoms with Crippen molar-refractivity contribution in [2.24, 2.45) is 0 Å². The molecule has 0 aliphatic carbocycles. The molecule has 27 heavy (non-hydrogen) atoms. The Kier molecular flexibility index (Phi) is 5.07. The van der Waals surface area contributed by atoms with E-state index in [-0.39, 0.29) is 5.56 Å². The van der Waals surface area contributed by atoms with Crippen LogP contribution in [0.3, 0.4) is 0 Å². The zero-order chi connectivity index (χ0) is 19.6. The molecule has 0 saturated heterocycles. The number of nitrogens with one attached hydrogen (secondary N) is 1. The van der Waals surface area contributed by atoms with Crippen LogP contribution in [0.4, 0.5) is 0 Å². The van der Waals surface area contributed by atoms with Gasteiger partial charge < -0.3 is 9.67 Å². The zero-order valence-electron chi connectivity index (χ0n) is 15.3. The average molecular weight is 363 g/mol. The fraction of sp³-hybridized carbons (Fsp3) is 0.190. The van der Waals surface area contributed by atoms with Gasteiger partial charge in [-0.25, -0.2) is 4.79 Å². The van der Waals surface area contributed by atoms with Crippen LogP contribution in [0.15, 0.2) is 54.1 Å². The number of aromatic carboxylic acids is 1. The van der Waals surface area contributed by atoms with Crippen molar-refractivity contribution < 1.29 is 9.90 Å². The van der Waals surface area contributed by atoms with Gasteiger partial charge in [-0.15, -0.1) is 0 Å². The molecule has 0 aliphatic heterocycles. The summed E-state index contributed by atoms with van der Waals surface area (Å²) in [7, 11) is 0. The minimum Gasteiger partial charge on any atom is -0.477 e. The van der Waals surface area contributed by atoms with E-state index in [9.17, 15) is 14.7 Å². The molecule has 3 aromatic rings. The Balaban J connectivity index is 2.06. The van der Waals surface area contributed by atoms with E-state index < -0.39 is 11.4 Å². The van der Waals surface area contributed by atoms with Crippen molar-refractivity contribution in [3.05, 3.63) is 76.4 Å². The van der Waals surface area contributed by atoms with E-state index in [2.05, 4.69) is 16.8 Å². The number of aromatic amines is 1. The summed E-state index contributed by atoms with van der Waals surface area (Å²) in [5.74, 6) is -1.21. The minimum absolute atomic E-state index is 0.221. The Bertz CT molecular complexity index is 1120. The van der Waals surface area contributed by atoms with Crippen molar-refractivity contribution in [2.45, 2.75) is 26.8 Å². The zero-order valence-corrected chi connectivity index (χ0v) is 15.3. The number of nitrogens with zero attached hydrogens (tertiary/aromatic N) is 2. The predicted octanol–water partition coefficient (Wildman–Crippen LogP) is 3.95. The summed E-state index contributed by atoms with van der Waals surface area (Å²) in [6, 6.07) is 7.25. The summed E-state index contributed by atoms with van der Waals surface area (Å²) in [6.45, 7) is 8.66. The van der Waals surface area contributed by atoms with E-state index in [0.29, 0.717) is 12.2 Å². The second-order valence-corrected chi connectivity index (χ2v) is 6.43. The van der Waals surface area contributed by atoms with E-state index in [4.69, 9.17) is 0 Å². The molecule has 0 saturated carbocycles. The van der Waals surface area contributed by atoms with Crippen LogP contribution < -0.4 is 5.43 Å². The van der Waals surface area contributed by atoms with Crippen molar-refractivity contribution in [3.63, 3.8) is 0 Å². The fourth-order valence-corrected chi connectivity index (χ4v) is 3.15. The van der Waals surface area contributed by atoms with Gasteiger partial charge in [0, 0.05) is 35.5 Å². The van der Waals surface area contributed by atoms with Crippen LogP contribution >= 0.6 is 0 Å². The molecule has 2 aromatic heterocycles. The molecule has 0 atom stereocenters. The number of hydrogen-bond acceptors (Lipinski definition) is 3. The summed E-state index contributed by atoms with van der Waals surface area (Å²) in [6.07, 6.45) is 5.89. The molecule has 6 nitrogen and oxygen atoms in total. The Morgan fingerprint density at radius 1 is 1.37 bits per heavy atom. The Morgan fingerprint density at radius 2 is 2.15 bits per heavy atom. The molecule has 0 amide bonds. The predicted molar refractivity (Wildman–Crippen MR) is 107 cm³/mol. The molecule has 0 fully saturated rings. The largest absolute Gasteiger partial charge is 0.477 e. The molecule has 0 aliphatic rings. The van der Waals surface area contributed by atoms with Crippen molar-refractivity contribution in [3.8, 4) is 0 Å². The minimum atomic E-state index is -1.21. The number of benzene rings is 1. The number of carbonyl (C=O) groups is 1. The molecular weight excluding hydrogens is 342 g/mol. The lowest BCUT2D eigenvalue weighted by atomic mass is 10.0. The number of para-hydroxylation sites is 1. The molecule has 2 heterocycles. The van der Waals surface area contributed by atoms with Gasteiger partial charge in [0.05, 0.1) is 11.7 Å². The molecule has 0 bridgehead atoms. The summed E-state index contributed by atoms with van der Waals surface area (Å²) in [5, 5.41) is 17.3. The third kappa shape index (κ3) is 3.60. The quantitative estimate of drug-likeness (QED) is 0.649. The van der Waals surface area contributed by atoms with E-state index in [0.717, 1.165) is 34.0 Å². The number of fused-ring (bicyclic) bond motifs is 1. The molecule has 0 spiro atoms. The highest BCUT2D eigenvalue weighted by molar-refractivity contribution is 5.94. The lowest BCUT2D eigenvalue weighted by molar-refractivity contribution is 0.0694. The summed E-state index contributed by atoms with van der Waals surface area (Å²) >= 11 is 0. The van der Waals surface area contributed by atoms with Gasteiger partial charge in [-0.1, -0.05) is 31.7 Å². The maximum Gasteiger partial charge on any atom is 0.341 e. The molecule has 3 rings (SSSR count). The Labute approximate surface area is 156 Å². The van der Waals surface area contributed by atoms with Crippen LogP contribution in [0.1, 0.15) is 41.9 Å². The number of H-pyrrole nitrogens is 1. The summed E-state index contributed by atoms with van der Waals surface area (Å²) < 4.78 is 1.81. The fourth-order valence-electron chi connectivity index (χ4n) is 3.15. The molecule has 6 heteroatoms. The standard InChI is InChI=1S/C21H21N3O3/c1-4-8-24-12-17(21(26)27)19(25)10-18(24)14(3)9-13(2)16-7-5-6-15-11-22-23-20(15)16/h5-7,9-12H,2,4,8H2,1,3H3,(H,22,23)(H,26,27)/b14-9+. The maximum absolute atomic E-state index is 12.2. The first-order valence-corrected chi connectivity index (χ1v) is 8.70. The van der Waals surface area contributed by atoms with Crippen molar-refractivity contribution >= 4 is 28.0 Å². The van der Waals surface area contributed by atoms with Gasteiger partial charge in [0.1, 0.15) is 5.56 Å². The van der Waals surface area contributed by atoms with Crippen molar-refractivity contribution in [2.75, 3.05) is 0 Å². The number of carboxylic acid groups (broad SMARTS) is 1. The van der Waals surface area contributed by atoms with Crippen LogP contribution in [-0.2, 0) is 6.54 Å². The Morgan fingerprint density at radius 3 is 2.85 bits per heavy atom. The van der Waals surface area contributed by atoms with Gasteiger partial charge in [0.2, 0.25) is 0 Å². The van der Waals surface area contributed by atoms with Gasteiger partial charge in [-0.3, -0.25) is 9.89 Å². The van der Waals surface area contributed by atoms with Gasteiger partial charge in [0.25, 0.3) is 0 Å². The number of pyridine rings is 1. The number of carboxylic acids is 1. The molecule has 1 aromatic carbocycles. The number of rotatable bonds is 6. The highest BCUT2D eigenvalue weighted by atomic mass is 16.4. The van der Waals surface area contributed by atoms with Crippen LogP contribution in [0.2, 0.25) is 0 Å². The molecule has 138 valence electrons. The van der Waals surface area contributed by atoms with Crippen molar-refractivity contribution in [1.82, 2.24) is 14.8 Å². The van der Waals surface area contributed by atoms with E-state index in [1.54, 1.807) is 10.8 Å². The molecule has 0 unspecified atom stereocenters. The van der Waals surface area contributed by atoms with Gasteiger partial charge >= 0.3 is 5.97 Å². The molecular formula is C21H21N3O3. The number of aromatic nitrogens is 3. The van der Waals surface area contributed by atoms with E-state index >= 15 is 0 Å². The van der Waals surface area contributed by atoms with Gasteiger partial charge in [-0.2, -0.15) is 5.10 Å². The average Bonchev–Trinajstić information content (AvgIpc) is 3.11. The molecule has 0 radical (unpaired) electrons. The third-order valence-corrected chi connectivity index (χ3v) is 4.44. The summed E-state index contributed by atoms with van der Waals surface area (Å²) in [5.41, 5.74) is 3.40. The summed E-state index contributed by atoms with van der Waals surface area (Å²) in [4.78, 5) is 23.5. The first-order chi connectivity index (χ1) is 12.9. The van der Waals surface area contributed by atoms with Gasteiger partial charge in [0.15, 0.2) is 5.43 Å². The smallest absolute Gasteiger partial charge is 0.341 e. The highest BCUT2D eigenvalue weighted by Crippen LogP contribution is 2.26. The van der Waals surface area contributed by atoms with Crippen LogP contribution in [0.5, 0.6) is 0 Å². The van der Waals surface area contributed by atoms with Crippen LogP contribution in [-0.4, -0.2) is 25.8 Å². The lowest BCUT2D eigenvalue weighted by Crippen LogP contribution is -2.19. The van der Waals surface area contributed by atoms with E-state index in [1.807, 2.05) is 38.1 Å². The second kappa shape index (κ2) is 7.45. The first-order valence-electron chi connectivity index (χ1n) is 8.70. The van der Waals surface area contributed by atoms with Gasteiger partial charge in [-0.05, 0) is 30.6 Å².